The summed E-state index contributed by atoms with van der Waals surface area (Å²) in [5, 5.41) is 0.714. The average molecular weight is 540 g/mol. The first kappa shape index (κ1) is 27.9. The van der Waals surface area contributed by atoms with Gasteiger partial charge in [0.1, 0.15) is 5.82 Å². The Labute approximate surface area is 228 Å². The molecule has 38 heavy (non-hydrogen) atoms. The number of carbonyl (C=O) groups excluding carboxylic acids is 3. The minimum atomic E-state index is -0.158. The summed E-state index contributed by atoms with van der Waals surface area (Å²) in [6.45, 7) is 9.91. The molecule has 0 radical (unpaired) electrons. The first-order valence-electron chi connectivity index (χ1n) is 13.4. The van der Waals surface area contributed by atoms with Crippen LogP contribution in [0.3, 0.4) is 0 Å². The highest BCUT2D eigenvalue weighted by Gasteiger charge is 2.28. The van der Waals surface area contributed by atoms with E-state index in [4.69, 9.17) is 14.7 Å². The van der Waals surface area contributed by atoms with Crippen LogP contribution in [0.5, 0.6) is 0 Å². The topological polar surface area (TPSA) is 95.9 Å². The highest BCUT2D eigenvalue weighted by Crippen LogP contribution is 2.25. The molecule has 0 saturated carbocycles. The summed E-state index contributed by atoms with van der Waals surface area (Å²) in [4.78, 5) is 52.3. The summed E-state index contributed by atoms with van der Waals surface area (Å²) in [5.41, 5.74) is 2.68. The van der Waals surface area contributed by atoms with E-state index < -0.39 is 0 Å². The minimum absolute atomic E-state index is 0.00428. The van der Waals surface area contributed by atoms with Crippen LogP contribution in [0.2, 0.25) is 0 Å². The smallest absolute Gasteiger partial charge is 0.309 e. The summed E-state index contributed by atoms with van der Waals surface area (Å²) < 4.78 is 5.14. The van der Waals surface area contributed by atoms with Crippen molar-refractivity contribution in [1.82, 2.24) is 19.8 Å². The maximum absolute atomic E-state index is 13.1. The van der Waals surface area contributed by atoms with Crippen LogP contribution in [0, 0.1) is 5.92 Å². The second-order valence-electron chi connectivity index (χ2n) is 9.65. The number of aryl methyl sites for hydroxylation is 1. The number of anilines is 1. The van der Waals surface area contributed by atoms with E-state index in [-0.39, 0.29) is 23.7 Å². The van der Waals surface area contributed by atoms with Gasteiger partial charge in [-0.25, -0.2) is 9.97 Å². The Morgan fingerprint density at radius 2 is 1.71 bits per heavy atom. The largest absolute Gasteiger partial charge is 0.466 e. The summed E-state index contributed by atoms with van der Waals surface area (Å²) in [6, 6.07) is 9.76. The fourth-order valence-electron chi connectivity index (χ4n) is 4.82. The first-order chi connectivity index (χ1) is 18.4. The van der Waals surface area contributed by atoms with E-state index in [1.165, 1.54) is 0 Å². The number of ether oxygens (including phenoxy) is 1. The summed E-state index contributed by atoms with van der Waals surface area (Å²) in [7, 11) is 0. The van der Waals surface area contributed by atoms with E-state index >= 15 is 0 Å². The van der Waals surface area contributed by atoms with E-state index in [1.807, 2.05) is 47.1 Å². The molecule has 204 valence electrons. The molecule has 0 spiro atoms. The van der Waals surface area contributed by atoms with Crippen LogP contribution in [-0.4, -0.2) is 83.4 Å². The summed E-state index contributed by atoms with van der Waals surface area (Å²) in [6.07, 6.45) is 2.09. The minimum Gasteiger partial charge on any atom is -0.466 e. The molecule has 0 bridgehead atoms. The van der Waals surface area contributed by atoms with Gasteiger partial charge in [0.15, 0.2) is 5.16 Å². The van der Waals surface area contributed by atoms with Crippen LogP contribution in [0.4, 0.5) is 5.82 Å². The third kappa shape index (κ3) is 7.03. The van der Waals surface area contributed by atoms with Crippen molar-refractivity contribution in [3.05, 3.63) is 47.2 Å². The number of rotatable bonds is 8. The number of thioether (sulfide) groups is 1. The monoisotopic (exact) mass is 539 g/mol. The zero-order chi connectivity index (χ0) is 27.1. The molecule has 2 fully saturated rings. The molecule has 2 saturated heterocycles. The highest BCUT2D eigenvalue weighted by molar-refractivity contribution is 7.98. The van der Waals surface area contributed by atoms with Gasteiger partial charge < -0.3 is 19.4 Å². The van der Waals surface area contributed by atoms with E-state index in [2.05, 4.69) is 11.8 Å². The number of carbonyl (C=O) groups is 3. The molecule has 2 aromatic rings. The molecular weight excluding hydrogens is 502 g/mol. The van der Waals surface area contributed by atoms with Crippen molar-refractivity contribution in [2.24, 2.45) is 5.92 Å². The van der Waals surface area contributed by atoms with Crippen molar-refractivity contribution >= 4 is 35.4 Å². The number of hydrogen-bond acceptors (Lipinski definition) is 8. The van der Waals surface area contributed by atoms with Gasteiger partial charge in [-0.1, -0.05) is 30.8 Å². The van der Waals surface area contributed by atoms with Gasteiger partial charge in [-0.15, -0.1) is 0 Å². The van der Waals surface area contributed by atoms with Gasteiger partial charge in [-0.2, -0.15) is 0 Å². The maximum Gasteiger partial charge on any atom is 0.309 e. The second-order valence-corrected chi connectivity index (χ2v) is 10.6. The number of amides is 2. The molecule has 2 aliphatic heterocycles. The molecule has 0 atom stereocenters. The lowest BCUT2D eigenvalue weighted by Crippen LogP contribution is -2.48. The number of aromatic nitrogens is 2. The molecule has 2 amide bonds. The van der Waals surface area contributed by atoms with E-state index in [0.29, 0.717) is 62.1 Å². The number of benzene rings is 1. The van der Waals surface area contributed by atoms with E-state index in [9.17, 15) is 14.4 Å². The average Bonchev–Trinajstić information content (AvgIpc) is 2.96. The van der Waals surface area contributed by atoms with Gasteiger partial charge >= 0.3 is 5.97 Å². The third-order valence-electron chi connectivity index (χ3n) is 7.10. The van der Waals surface area contributed by atoms with Crippen molar-refractivity contribution in [1.29, 1.82) is 0 Å². The highest BCUT2D eigenvalue weighted by atomic mass is 32.2. The van der Waals surface area contributed by atoms with Crippen molar-refractivity contribution in [2.45, 2.75) is 50.9 Å². The lowest BCUT2D eigenvalue weighted by molar-refractivity contribution is -0.149. The quantitative estimate of drug-likeness (QED) is 0.286. The second kappa shape index (κ2) is 13.1. The van der Waals surface area contributed by atoms with Crippen molar-refractivity contribution in [2.75, 3.05) is 50.8 Å². The predicted octanol–water partition coefficient (Wildman–Crippen LogP) is 3.42. The fourth-order valence-corrected chi connectivity index (χ4v) is 5.64. The molecule has 1 aromatic heterocycles. The Bertz CT molecular complexity index is 1140. The Hall–Kier alpha value is -3.14. The Morgan fingerprint density at radius 3 is 2.37 bits per heavy atom. The molecule has 2 aliphatic rings. The number of esters is 1. The molecule has 1 aromatic carbocycles. The van der Waals surface area contributed by atoms with Crippen LogP contribution >= 0.6 is 11.8 Å². The molecule has 9 nitrogen and oxygen atoms in total. The van der Waals surface area contributed by atoms with Crippen LogP contribution in [0.15, 0.2) is 35.5 Å². The van der Waals surface area contributed by atoms with Gasteiger partial charge in [0.2, 0.25) is 5.91 Å². The molecule has 0 unspecified atom stereocenters. The molecule has 0 aliphatic carbocycles. The summed E-state index contributed by atoms with van der Waals surface area (Å²) >= 11 is 1.56. The molecule has 0 N–H and O–H groups in total. The van der Waals surface area contributed by atoms with Crippen LogP contribution in [-0.2, 0) is 26.5 Å². The Morgan fingerprint density at radius 1 is 0.974 bits per heavy atom. The molecule has 4 rings (SSSR count). The number of hydrogen-bond donors (Lipinski definition) is 0. The lowest BCUT2D eigenvalue weighted by atomic mass is 9.96. The number of likely N-dealkylation sites (tertiary alicyclic amines) is 1. The molecular formula is C28H37N5O4S. The van der Waals surface area contributed by atoms with Crippen LogP contribution in [0.25, 0.3) is 0 Å². The van der Waals surface area contributed by atoms with E-state index in [0.717, 1.165) is 36.6 Å². The predicted molar refractivity (Wildman–Crippen MR) is 147 cm³/mol. The van der Waals surface area contributed by atoms with Gasteiger partial charge in [-0.05, 0) is 43.9 Å². The molecule has 3 heterocycles. The van der Waals surface area contributed by atoms with E-state index in [1.54, 1.807) is 18.7 Å². The third-order valence-corrected chi connectivity index (χ3v) is 8.02. The fraction of sp³-hybridized carbons (Fsp3) is 0.536. The van der Waals surface area contributed by atoms with Gasteiger partial charge in [-0.3, -0.25) is 14.4 Å². The van der Waals surface area contributed by atoms with Crippen LogP contribution in [0.1, 0.15) is 55.2 Å². The maximum atomic E-state index is 13.1. The zero-order valence-electron chi connectivity index (χ0n) is 22.5. The van der Waals surface area contributed by atoms with Gasteiger partial charge in [0.25, 0.3) is 5.91 Å². The SMILES string of the molecule is CCOC(=O)C1CCN(C(=O)c2cccc(CSc3nc(CC)cc(N4CCN(C(C)=O)CC4)n3)c2)CC1. The van der Waals surface area contributed by atoms with Crippen molar-refractivity contribution in [3.63, 3.8) is 0 Å². The Balaban J connectivity index is 1.37. The number of nitrogens with zero attached hydrogens (tertiary/aromatic N) is 5. The van der Waals surface area contributed by atoms with Crippen molar-refractivity contribution < 1.29 is 19.1 Å². The zero-order valence-corrected chi connectivity index (χ0v) is 23.3. The van der Waals surface area contributed by atoms with Gasteiger partial charge in [0.05, 0.1) is 12.5 Å². The van der Waals surface area contributed by atoms with Crippen LogP contribution < -0.4 is 4.90 Å². The van der Waals surface area contributed by atoms with Crippen molar-refractivity contribution in [3.8, 4) is 0 Å². The lowest BCUT2D eigenvalue weighted by Gasteiger charge is -2.35. The number of piperidine rings is 1. The standard InChI is InChI=1S/C28H37N5O4S/c1-4-24-18-25(32-15-13-31(14-16-32)20(3)34)30-28(29-24)38-19-21-7-6-8-23(17-21)26(35)33-11-9-22(10-12-33)27(36)37-5-2/h6-8,17-18,22H,4-5,9-16,19H2,1-3H3. The number of piperazine rings is 1. The normalized spacial score (nSPS) is 16.4. The summed E-state index contributed by atoms with van der Waals surface area (Å²) in [5.74, 6) is 1.38. The molecule has 10 heteroatoms. The van der Waals surface area contributed by atoms with Gasteiger partial charge in [0, 0.05) is 69.3 Å². The first-order valence-corrected chi connectivity index (χ1v) is 14.4. The Kier molecular flexibility index (Phi) is 9.60.